The molecule has 2 fully saturated rings. The van der Waals surface area contributed by atoms with E-state index < -0.39 is 24.0 Å². The van der Waals surface area contributed by atoms with Crippen molar-refractivity contribution in [2.24, 2.45) is 5.41 Å². The molecule has 0 aliphatic carbocycles. The zero-order valence-electron chi connectivity index (χ0n) is 17.5. The number of carboxylic acids is 1. The van der Waals surface area contributed by atoms with Crippen LogP contribution < -0.4 is 10.1 Å². The van der Waals surface area contributed by atoms with Crippen LogP contribution in [-0.2, 0) is 11.2 Å². The smallest absolute Gasteiger partial charge is 0.465 e. The van der Waals surface area contributed by atoms with Gasteiger partial charge in [-0.05, 0) is 43.9 Å². The van der Waals surface area contributed by atoms with Gasteiger partial charge in [-0.2, -0.15) is 11.8 Å². The molecule has 170 valence electrons. The SMILES string of the molecule is COc1ccc(CC(SCC(=O)N2CCC3(CCCNC3)C2)B(O)O)c(O)c1C(=O)O. The van der Waals surface area contributed by atoms with Crippen LogP contribution in [0.1, 0.15) is 35.2 Å². The fraction of sp³-hybridized carbons (Fsp3) is 0.600. The molecule has 0 saturated carbocycles. The maximum atomic E-state index is 12.7. The summed E-state index contributed by atoms with van der Waals surface area (Å²) in [5.41, 5.74) is 0.0108. The highest BCUT2D eigenvalue weighted by Crippen LogP contribution is 2.37. The number of amides is 1. The topological polar surface area (TPSA) is 140 Å². The molecule has 1 amide bonds. The number of nitrogens with one attached hydrogen (secondary N) is 1. The molecule has 0 radical (unpaired) electrons. The van der Waals surface area contributed by atoms with Crippen LogP contribution in [0.2, 0.25) is 0 Å². The predicted octanol–water partition coefficient (Wildman–Crippen LogP) is 0.357. The molecule has 2 aliphatic rings. The average molecular weight is 452 g/mol. The quantitative estimate of drug-likeness (QED) is 0.354. The number of ether oxygens (including phenoxy) is 1. The van der Waals surface area contributed by atoms with Crippen molar-refractivity contribution in [2.45, 2.75) is 30.8 Å². The van der Waals surface area contributed by atoms with Crippen molar-refractivity contribution in [1.82, 2.24) is 10.2 Å². The first kappa shape index (κ1) is 23.7. The number of hydrogen-bond acceptors (Lipinski definition) is 8. The van der Waals surface area contributed by atoms with Crippen LogP contribution in [0.4, 0.5) is 0 Å². The molecule has 2 unspecified atom stereocenters. The first-order valence-corrected chi connectivity index (χ1v) is 11.4. The van der Waals surface area contributed by atoms with Gasteiger partial charge in [0.2, 0.25) is 5.91 Å². The number of nitrogens with zero attached hydrogens (tertiary/aromatic N) is 1. The number of phenols is 1. The van der Waals surface area contributed by atoms with E-state index in [4.69, 9.17) is 4.74 Å². The molecule has 9 nitrogen and oxygen atoms in total. The van der Waals surface area contributed by atoms with Crippen LogP contribution in [0.5, 0.6) is 11.5 Å². The normalized spacial score (nSPS) is 21.8. The van der Waals surface area contributed by atoms with Crippen molar-refractivity contribution in [2.75, 3.05) is 39.0 Å². The molecule has 5 N–H and O–H groups in total. The zero-order chi connectivity index (χ0) is 22.6. The number of thioether (sulfide) groups is 1. The van der Waals surface area contributed by atoms with E-state index in [0.717, 1.165) is 44.1 Å². The van der Waals surface area contributed by atoms with E-state index in [1.54, 1.807) is 0 Å². The van der Waals surface area contributed by atoms with Gasteiger partial charge in [-0.3, -0.25) is 4.79 Å². The summed E-state index contributed by atoms with van der Waals surface area (Å²) >= 11 is 1.09. The lowest BCUT2D eigenvalue weighted by Crippen LogP contribution is -2.43. The summed E-state index contributed by atoms with van der Waals surface area (Å²) in [5.74, 6) is -1.79. The third-order valence-corrected chi connectivity index (χ3v) is 7.44. The van der Waals surface area contributed by atoms with Gasteiger partial charge in [0.1, 0.15) is 17.1 Å². The predicted molar refractivity (Wildman–Crippen MR) is 117 cm³/mol. The van der Waals surface area contributed by atoms with E-state index in [-0.39, 0.29) is 40.4 Å². The van der Waals surface area contributed by atoms with Gasteiger partial charge in [-0.1, -0.05) is 6.07 Å². The fourth-order valence-electron chi connectivity index (χ4n) is 4.42. The van der Waals surface area contributed by atoms with Crippen molar-refractivity contribution in [3.63, 3.8) is 0 Å². The fourth-order valence-corrected chi connectivity index (χ4v) is 5.43. The van der Waals surface area contributed by atoms with Gasteiger partial charge in [0, 0.05) is 30.2 Å². The molecule has 1 spiro atoms. The Kier molecular flexibility index (Phi) is 7.74. The minimum Gasteiger partial charge on any atom is -0.507 e. The van der Waals surface area contributed by atoms with Gasteiger partial charge in [-0.15, -0.1) is 0 Å². The van der Waals surface area contributed by atoms with Crippen LogP contribution in [-0.4, -0.2) is 88.3 Å². The Morgan fingerprint density at radius 2 is 2.13 bits per heavy atom. The first-order valence-electron chi connectivity index (χ1n) is 10.3. The Morgan fingerprint density at radius 3 is 2.74 bits per heavy atom. The minimum absolute atomic E-state index is 0.0119. The maximum absolute atomic E-state index is 12.7. The Balaban J connectivity index is 1.63. The number of carboxylic acid groups (broad SMARTS) is 1. The Bertz CT molecular complexity index is 817. The molecule has 1 aromatic carbocycles. The number of benzene rings is 1. The molecule has 0 aromatic heterocycles. The first-order chi connectivity index (χ1) is 14.8. The lowest BCUT2D eigenvalue weighted by Gasteiger charge is -2.33. The highest BCUT2D eigenvalue weighted by Gasteiger charge is 2.40. The summed E-state index contributed by atoms with van der Waals surface area (Å²) in [7, 11) is -0.436. The highest BCUT2D eigenvalue weighted by molar-refractivity contribution is 8.01. The zero-order valence-corrected chi connectivity index (χ0v) is 18.4. The molecule has 0 bridgehead atoms. The average Bonchev–Trinajstić information content (AvgIpc) is 3.14. The number of hydrogen-bond donors (Lipinski definition) is 5. The van der Waals surface area contributed by atoms with E-state index in [9.17, 15) is 29.9 Å². The van der Waals surface area contributed by atoms with Crippen molar-refractivity contribution in [1.29, 1.82) is 0 Å². The Labute approximate surface area is 185 Å². The second kappa shape index (κ2) is 10.1. The summed E-state index contributed by atoms with van der Waals surface area (Å²) in [4.78, 5) is 26.0. The standard InChI is InChI=1S/C20H29BN2O7S/c1-30-14-4-3-13(18(25)17(14)19(26)27)9-15(21(28)29)31-10-16(24)23-8-6-20(12-23)5-2-7-22-11-20/h3-4,15,22,25,28-29H,2,5-12H2,1H3,(H,26,27). The van der Waals surface area contributed by atoms with Crippen LogP contribution in [0.3, 0.4) is 0 Å². The monoisotopic (exact) mass is 452 g/mol. The van der Waals surface area contributed by atoms with Crippen molar-refractivity contribution < 1.29 is 34.6 Å². The number of methoxy groups -OCH3 is 1. The summed E-state index contributed by atoms with van der Waals surface area (Å²) in [6.45, 7) is 3.36. The number of likely N-dealkylation sites (tertiary alicyclic amines) is 1. The van der Waals surface area contributed by atoms with E-state index in [1.165, 1.54) is 19.2 Å². The lowest BCUT2D eigenvalue weighted by molar-refractivity contribution is -0.127. The van der Waals surface area contributed by atoms with Crippen LogP contribution >= 0.6 is 11.8 Å². The van der Waals surface area contributed by atoms with E-state index in [0.29, 0.717) is 13.1 Å². The lowest BCUT2D eigenvalue weighted by atomic mass is 9.80. The number of carbonyl (C=O) groups excluding carboxylic acids is 1. The largest absolute Gasteiger partial charge is 0.507 e. The molecule has 2 saturated heterocycles. The third kappa shape index (κ3) is 5.46. The second-order valence-corrected chi connectivity index (χ2v) is 9.50. The molecule has 3 rings (SSSR count). The molecule has 11 heteroatoms. The minimum atomic E-state index is -1.74. The van der Waals surface area contributed by atoms with Crippen LogP contribution in [0, 0.1) is 5.41 Å². The van der Waals surface area contributed by atoms with Crippen molar-refractivity contribution >= 4 is 30.8 Å². The van der Waals surface area contributed by atoms with Crippen LogP contribution in [0.15, 0.2) is 12.1 Å². The summed E-state index contributed by atoms with van der Waals surface area (Å²) in [6, 6.07) is 2.90. The second-order valence-electron chi connectivity index (χ2n) is 8.27. The molecular formula is C20H29BN2O7S. The van der Waals surface area contributed by atoms with Gasteiger partial charge < -0.3 is 35.2 Å². The molecule has 2 heterocycles. The molecule has 2 aliphatic heterocycles. The summed E-state index contributed by atoms with van der Waals surface area (Å²) in [6.07, 6.45) is 3.18. The van der Waals surface area contributed by atoms with Gasteiger partial charge >= 0.3 is 13.1 Å². The van der Waals surface area contributed by atoms with E-state index in [2.05, 4.69) is 5.32 Å². The molecular weight excluding hydrogens is 423 g/mol. The Hall–Kier alpha value is -1.95. The number of carbonyl (C=O) groups is 2. The number of aromatic hydroxyl groups is 1. The summed E-state index contributed by atoms with van der Waals surface area (Å²) < 4.78 is 4.98. The van der Waals surface area contributed by atoms with E-state index in [1.807, 2.05) is 4.90 Å². The number of piperidine rings is 1. The molecule has 1 aromatic rings. The maximum Gasteiger partial charge on any atom is 0.465 e. The van der Waals surface area contributed by atoms with Gasteiger partial charge in [0.15, 0.2) is 0 Å². The Morgan fingerprint density at radius 1 is 1.35 bits per heavy atom. The van der Waals surface area contributed by atoms with Crippen LogP contribution in [0.25, 0.3) is 0 Å². The van der Waals surface area contributed by atoms with Gasteiger partial charge in [0.05, 0.1) is 12.9 Å². The summed E-state index contributed by atoms with van der Waals surface area (Å²) in [5, 5.41) is 41.9. The van der Waals surface area contributed by atoms with E-state index >= 15 is 0 Å². The highest BCUT2D eigenvalue weighted by atomic mass is 32.2. The van der Waals surface area contributed by atoms with Crippen molar-refractivity contribution in [3.05, 3.63) is 23.3 Å². The van der Waals surface area contributed by atoms with Gasteiger partial charge in [-0.25, -0.2) is 4.79 Å². The van der Waals surface area contributed by atoms with Gasteiger partial charge in [0.25, 0.3) is 0 Å². The number of aromatic carboxylic acids is 1. The molecule has 31 heavy (non-hydrogen) atoms. The third-order valence-electron chi connectivity index (χ3n) is 6.18. The number of rotatable bonds is 8. The molecule has 2 atom stereocenters. The van der Waals surface area contributed by atoms with Crippen molar-refractivity contribution in [3.8, 4) is 11.5 Å².